The summed E-state index contributed by atoms with van der Waals surface area (Å²) in [5, 5.41) is 0.826. The first-order valence-corrected chi connectivity index (χ1v) is 9.59. The molecule has 2 aliphatic rings. The number of benzene rings is 1. The Kier molecular flexibility index (Phi) is 4.43. The maximum Gasteiger partial charge on any atom is 0.0739 e. The lowest BCUT2D eigenvalue weighted by Gasteiger charge is -2.38. The fourth-order valence-electron chi connectivity index (χ4n) is 4.36. The Labute approximate surface area is 155 Å². The lowest BCUT2D eigenvalue weighted by atomic mass is 9.84. The summed E-state index contributed by atoms with van der Waals surface area (Å²) in [7, 11) is 2.24. The molecule has 0 radical (unpaired) electrons. The zero-order chi connectivity index (χ0) is 17.6. The number of hydrogen-bond acceptors (Lipinski definition) is 2. The van der Waals surface area contributed by atoms with Gasteiger partial charge in [-0.1, -0.05) is 29.3 Å². The van der Waals surface area contributed by atoms with Gasteiger partial charge in [-0.25, -0.2) is 0 Å². The average Bonchev–Trinajstić information content (AvgIpc) is 2.76. The standard InChI is InChI=1S/C22H25ClN2/c1-14-11-18(12-15(2)25(14)3)21-20-9-8-19(23)13-17(20)7-6-16-5-4-10-24-22(16)21/h4-5,8-10,13-15H,6-7,11-12H2,1-3H3. The number of rotatable bonds is 0. The van der Waals surface area contributed by atoms with E-state index in [1.54, 1.807) is 5.57 Å². The fourth-order valence-corrected chi connectivity index (χ4v) is 4.55. The summed E-state index contributed by atoms with van der Waals surface area (Å²) in [6.07, 6.45) is 6.19. The molecule has 2 nitrogen and oxygen atoms in total. The molecule has 4 rings (SSSR count). The maximum absolute atomic E-state index is 6.30. The molecule has 2 unspecified atom stereocenters. The number of hydrogen-bond donors (Lipinski definition) is 0. The molecule has 1 aliphatic carbocycles. The molecule has 3 heteroatoms. The fraction of sp³-hybridized carbons (Fsp3) is 0.409. The minimum atomic E-state index is 0.553. The normalized spacial score (nSPS) is 23.8. The van der Waals surface area contributed by atoms with Crippen LogP contribution >= 0.6 is 11.6 Å². The van der Waals surface area contributed by atoms with Crippen LogP contribution in [0, 0.1) is 0 Å². The van der Waals surface area contributed by atoms with E-state index in [2.05, 4.69) is 50.1 Å². The van der Waals surface area contributed by atoms with E-state index in [0.29, 0.717) is 12.1 Å². The van der Waals surface area contributed by atoms with E-state index in [0.717, 1.165) is 30.7 Å². The van der Waals surface area contributed by atoms with Crippen LogP contribution in [0.3, 0.4) is 0 Å². The largest absolute Gasteiger partial charge is 0.300 e. The second-order valence-corrected chi connectivity index (χ2v) is 8.00. The van der Waals surface area contributed by atoms with Gasteiger partial charge in [0.15, 0.2) is 0 Å². The van der Waals surface area contributed by atoms with Gasteiger partial charge in [0.1, 0.15) is 0 Å². The van der Waals surface area contributed by atoms with Crippen LogP contribution in [0.25, 0.3) is 5.57 Å². The van der Waals surface area contributed by atoms with Crippen molar-refractivity contribution in [2.45, 2.75) is 51.6 Å². The number of aromatic nitrogens is 1. The summed E-state index contributed by atoms with van der Waals surface area (Å²) in [5.41, 5.74) is 8.14. The second kappa shape index (κ2) is 6.59. The van der Waals surface area contributed by atoms with Gasteiger partial charge in [0, 0.05) is 28.9 Å². The molecule has 0 saturated carbocycles. The van der Waals surface area contributed by atoms with Crippen molar-refractivity contribution >= 4 is 17.2 Å². The SMILES string of the molecule is CC1CC(=C2c3ccc(Cl)cc3CCc3cccnc32)CC(C)N1C. The number of aryl methyl sites for hydroxylation is 2. The highest BCUT2D eigenvalue weighted by atomic mass is 35.5. The Morgan fingerprint density at radius 1 is 1.04 bits per heavy atom. The summed E-state index contributed by atoms with van der Waals surface area (Å²) >= 11 is 6.30. The Bertz CT molecular complexity index is 826. The molecule has 1 aromatic heterocycles. The van der Waals surface area contributed by atoms with Crippen molar-refractivity contribution in [3.05, 3.63) is 69.5 Å². The topological polar surface area (TPSA) is 16.1 Å². The van der Waals surface area contributed by atoms with E-state index in [1.165, 1.54) is 28.0 Å². The third kappa shape index (κ3) is 3.02. The Balaban J connectivity index is 1.95. The first-order chi connectivity index (χ1) is 12.0. The Hall–Kier alpha value is -1.64. The molecule has 130 valence electrons. The van der Waals surface area contributed by atoms with Gasteiger partial charge in [0.05, 0.1) is 5.69 Å². The van der Waals surface area contributed by atoms with Gasteiger partial charge in [0.25, 0.3) is 0 Å². The molecule has 2 atom stereocenters. The van der Waals surface area contributed by atoms with Crippen molar-refractivity contribution < 1.29 is 0 Å². The first kappa shape index (κ1) is 16.8. The molecule has 0 amide bonds. The van der Waals surface area contributed by atoms with Gasteiger partial charge >= 0.3 is 0 Å². The van der Waals surface area contributed by atoms with E-state index < -0.39 is 0 Å². The number of nitrogens with zero attached hydrogens (tertiary/aromatic N) is 2. The van der Waals surface area contributed by atoms with Crippen molar-refractivity contribution in [1.82, 2.24) is 9.88 Å². The zero-order valence-corrected chi connectivity index (χ0v) is 16.0. The number of piperidine rings is 1. The van der Waals surface area contributed by atoms with E-state index in [1.807, 2.05) is 12.3 Å². The summed E-state index contributed by atoms with van der Waals surface area (Å²) in [4.78, 5) is 7.31. The van der Waals surface area contributed by atoms with Crippen LogP contribution in [0.15, 0.2) is 42.1 Å². The summed E-state index contributed by atoms with van der Waals surface area (Å²) in [5.74, 6) is 0. The van der Waals surface area contributed by atoms with Crippen molar-refractivity contribution in [3.63, 3.8) is 0 Å². The smallest absolute Gasteiger partial charge is 0.0739 e. The molecule has 1 saturated heterocycles. The van der Waals surface area contributed by atoms with Gasteiger partial charge in [-0.2, -0.15) is 0 Å². The molecule has 2 aromatic rings. The van der Waals surface area contributed by atoms with E-state index >= 15 is 0 Å². The molecule has 1 aliphatic heterocycles. The summed E-state index contributed by atoms with van der Waals surface area (Å²) in [6, 6.07) is 11.8. The highest BCUT2D eigenvalue weighted by molar-refractivity contribution is 6.30. The van der Waals surface area contributed by atoms with E-state index in [-0.39, 0.29) is 0 Å². The van der Waals surface area contributed by atoms with Crippen LogP contribution in [0.2, 0.25) is 5.02 Å². The lowest BCUT2D eigenvalue weighted by Crippen LogP contribution is -2.41. The molecule has 2 heterocycles. The van der Waals surface area contributed by atoms with Gasteiger partial charge in [-0.3, -0.25) is 4.98 Å². The van der Waals surface area contributed by atoms with Crippen LogP contribution in [-0.2, 0) is 12.8 Å². The van der Waals surface area contributed by atoms with Gasteiger partial charge in [-0.15, -0.1) is 0 Å². The molecule has 0 N–H and O–H groups in total. The van der Waals surface area contributed by atoms with E-state index in [4.69, 9.17) is 16.6 Å². The van der Waals surface area contributed by atoms with Crippen LogP contribution in [0.4, 0.5) is 0 Å². The van der Waals surface area contributed by atoms with Crippen molar-refractivity contribution in [3.8, 4) is 0 Å². The number of fused-ring (bicyclic) bond motifs is 2. The number of likely N-dealkylation sites (tertiary alicyclic amines) is 1. The van der Waals surface area contributed by atoms with Gasteiger partial charge in [-0.05, 0) is 81.5 Å². The highest BCUT2D eigenvalue weighted by Crippen LogP contribution is 2.40. The Morgan fingerprint density at radius 2 is 1.76 bits per heavy atom. The summed E-state index contributed by atoms with van der Waals surface area (Å²) < 4.78 is 0. The minimum absolute atomic E-state index is 0.553. The highest BCUT2D eigenvalue weighted by Gasteiger charge is 2.29. The van der Waals surface area contributed by atoms with E-state index in [9.17, 15) is 0 Å². The first-order valence-electron chi connectivity index (χ1n) is 9.21. The minimum Gasteiger partial charge on any atom is -0.300 e. The lowest BCUT2D eigenvalue weighted by molar-refractivity contribution is 0.167. The quantitative estimate of drug-likeness (QED) is 0.652. The summed E-state index contributed by atoms with van der Waals surface area (Å²) in [6.45, 7) is 4.66. The zero-order valence-electron chi connectivity index (χ0n) is 15.2. The van der Waals surface area contributed by atoms with Crippen LogP contribution < -0.4 is 0 Å². The molecular weight excluding hydrogens is 328 g/mol. The maximum atomic E-state index is 6.30. The molecule has 1 fully saturated rings. The number of pyridine rings is 1. The van der Waals surface area contributed by atoms with Crippen LogP contribution in [0.1, 0.15) is 49.1 Å². The third-order valence-electron chi connectivity index (χ3n) is 5.96. The van der Waals surface area contributed by atoms with Gasteiger partial charge in [0.2, 0.25) is 0 Å². The average molecular weight is 353 g/mol. The van der Waals surface area contributed by atoms with Crippen molar-refractivity contribution in [2.24, 2.45) is 0 Å². The monoisotopic (exact) mass is 352 g/mol. The third-order valence-corrected chi connectivity index (χ3v) is 6.19. The van der Waals surface area contributed by atoms with Gasteiger partial charge < -0.3 is 4.90 Å². The molecular formula is C22H25ClN2. The van der Waals surface area contributed by atoms with Crippen molar-refractivity contribution in [1.29, 1.82) is 0 Å². The second-order valence-electron chi connectivity index (χ2n) is 7.56. The molecule has 25 heavy (non-hydrogen) atoms. The predicted octanol–water partition coefficient (Wildman–Crippen LogP) is 5.14. The Morgan fingerprint density at radius 3 is 2.52 bits per heavy atom. The molecule has 0 bridgehead atoms. The molecule has 0 spiro atoms. The number of halogens is 1. The predicted molar refractivity (Wildman–Crippen MR) is 105 cm³/mol. The van der Waals surface area contributed by atoms with Crippen molar-refractivity contribution in [2.75, 3.05) is 7.05 Å². The van der Waals surface area contributed by atoms with Crippen LogP contribution in [-0.4, -0.2) is 29.0 Å². The van der Waals surface area contributed by atoms with Crippen LogP contribution in [0.5, 0.6) is 0 Å². The molecule has 1 aromatic carbocycles.